The third-order valence-corrected chi connectivity index (χ3v) is 0.491. The molecule has 0 aliphatic rings. The van der Waals surface area contributed by atoms with E-state index < -0.39 is 0 Å². The summed E-state index contributed by atoms with van der Waals surface area (Å²) in [5.74, 6) is 1.51. The Bertz CT molecular complexity index is 36.8. The lowest BCUT2D eigenvalue weighted by Gasteiger charge is -1.68. The van der Waals surface area contributed by atoms with E-state index in [9.17, 15) is 4.32 Å². The van der Waals surface area contributed by atoms with E-state index in [-0.39, 0.29) is 7.56 Å². The first-order chi connectivity index (χ1) is 2.91. The van der Waals surface area contributed by atoms with Crippen molar-refractivity contribution in [2.24, 2.45) is 0 Å². The van der Waals surface area contributed by atoms with Gasteiger partial charge >= 0.3 is 7.56 Å². The molecule has 0 rings (SSSR count). The van der Waals surface area contributed by atoms with Crippen molar-refractivity contribution < 1.29 is 4.32 Å². The minimum Gasteiger partial charge on any atom is -0.335 e. The van der Waals surface area contributed by atoms with Crippen LogP contribution < -0.4 is 0 Å². The number of allylic oxidation sites excluding steroid dienone is 1. The van der Waals surface area contributed by atoms with Gasteiger partial charge in [-0.2, -0.15) is 0 Å². The first-order valence-corrected chi connectivity index (χ1v) is 2.12. The van der Waals surface area contributed by atoms with E-state index in [1.165, 1.54) is 5.98 Å². The molecule has 0 heterocycles. The third kappa shape index (κ3) is 3.73. The molecule has 0 aliphatic carbocycles. The van der Waals surface area contributed by atoms with Gasteiger partial charge in [0, 0.05) is 0 Å². The summed E-state index contributed by atoms with van der Waals surface area (Å²) in [5, 5.41) is 0. The van der Waals surface area contributed by atoms with Gasteiger partial charge in [0.25, 0.3) is 0 Å². The SMILES string of the molecule is CC/C=C\BF. The molecule has 34 valence electrons. The molecule has 0 fully saturated rings. The minimum absolute atomic E-state index is 0.326. The second-order valence-corrected chi connectivity index (χ2v) is 1.03. The average Bonchev–Trinajstić information content (AvgIpc) is 1.61. The van der Waals surface area contributed by atoms with E-state index in [2.05, 4.69) is 0 Å². The molecule has 0 aromatic rings. The molecule has 0 spiro atoms. The lowest BCUT2D eigenvalue weighted by molar-refractivity contribution is 0.883. The zero-order valence-electron chi connectivity index (χ0n) is 3.95. The predicted molar refractivity (Wildman–Crippen MR) is 27.7 cm³/mol. The van der Waals surface area contributed by atoms with Crippen molar-refractivity contribution >= 4 is 7.56 Å². The maximum atomic E-state index is 11.1. The maximum absolute atomic E-state index is 11.1. The fourth-order valence-electron chi connectivity index (χ4n) is 0.230. The molecule has 0 amide bonds. The van der Waals surface area contributed by atoms with Gasteiger partial charge in [-0.3, -0.25) is 0 Å². The van der Waals surface area contributed by atoms with Crippen molar-refractivity contribution in [3.8, 4) is 0 Å². The Morgan fingerprint density at radius 3 is 2.67 bits per heavy atom. The molecule has 0 aromatic heterocycles. The van der Waals surface area contributed by atoms with Crippen LogP contribution in [-0.4, -0.2) is 7.56 Å². The highest BCUT2D eigenvalue weighted by Crippen LogP contribution is 1.75. The van der Waals surface area contributed by atoms with Crippen LogP contribution in [0.2, 0.25) is 0 Å². The van der Waals surface area contributed by atoms with Crippen LogP contribution in [0.4, 0.5) is 4.32 Å². The summed E-state index contributed by atoms with van der Waals surface area (Å²) in [6.07, 6.45) is 2.74. The molecule has 0 bridgehead atoms. The van der Waals surface area contributed by atoms with Gasteiger partial charge in [0.05, 0.1) is 0 Å². The normalized spacial score (nSPS) is 9.67. The zero-order chi connectivity index (χ0) is 4.83. The Labute approximate surface area is 38.3 Å². The van der Waals surface area contributed by atoms with E-state index in [0.29, 0.717) is 0 Å². The van der Waals surface area contributed by atoms with Crippen LogP contribution in [0.5, 0.6) is 0 Å². The molecule has 0 nitrogen and oxygen atoms in total. The summed E-state index contributed by atoms with van der Waals surface area (Å²) >= 11 is 0. The standard InChI is InChI=1S/C4H8BF/c1-2-3-4-5-6/h3-5H,2H2,1H3/b4-3-. The lowest BCUT2D eigenvalue weighted by atomic mass is 10.1. The number of hydrogen-bond acceptors (Lipinski definition) is 0. The first-order valence-electron chi connectivity index (χ1n) is 2.12. The highest BCUT2D eigenvalue weighted by molar-refractivity contribution is 6.33. The summed E-state index contributed by atoms with van der Waals surface area (Å²) in [7, 11) is -0.326. The van der Waals surface area contributed by atoms with Gasteiger partial charge in [0.1, 0.15) is 0 Å². The summed E-state index contributed by atoms with van der Waals surface area (Å²) in [5.41, 5.74) is 0. The third-order valence-electron chi connectivity index (χ3n) is 0.491. The molecule has 2 heteroatoms. The second-order valence-electron chi connectivity index (χ2n) is 1.03. The van der Waals surface area contributed by atoms with Crippen LogP contribution in [0, 0.1) is 0 Å². The molecule has 0 unspecified atom stereocenters. The Balaban J connectivity index is 2.73. The fourth-order valence-corrected chi connectivity index (χ4v) is 0.230. The number of hydrogen-bond donors (Lipinski definition) is 0. The first kappa shape index (κ1) is 5.73. The van der Waals surface area contributed by atoms with Crippen molar-refractivity contribution in [1.82, 2.24) is 0 Å². The summed E-state index contributed by atoms with van der Waals surface area (Å²) < 4.78 is 11.1. The van der Waals surface area contributed by atoms with Gasteiger partial charge in [-0.15, -0.1) is 0 Å². The van der Waals surface area contributed by atoms with E-state index in [1.807, 2.05) is 6.92 Å². The second kappa shape index (κ2) is 4.73. The van der Waals surface area contributed by atoms with Crippen molar-refractivity contribution in [3.05, 3.63) is 12.1 Å². The number of halogens is 1. The van der Waals surface area contributed by atoms with E-state index in [0.717, 1.165) is 6.42 Å². The molecule has 6 heavy (non-hydrogen) atoms. The predicted octanol–water partition coefficient (Wildman–Crippen LogP) is 1.23. The highest BCUT2D eigenvalue weighted by atomic mass is 19.1. The number of rotatable bonds is 2. The quantitative estimate of drug-likeness (QED) is 0.443. The average molecular weight is 85.9 g/mol. The van der Waals surface area contributed by atoms with Gasteiger partial charge in [0.2, 0.25) is 0 Å². The molecule has 0 atom stereocenters. The van der Waals surface area contributed by atoms with Crippen molar-refractivity contribution in [3.63, 3.8) is 0 Å². The Kier molecular flexibility index (Phi) is 4.53. The van der Waals surface area contributed by atoms with Crippen molar-refractivity contribution in [2.75, 3.05) is 0 Å². The Morgan fingerprint density at radius 2 is 2.50 bits per heavy atom. The minimum atomic E-state index is -0.326. The lowest BCUT2D eigenvalue weighted by Crippen LogP contribution is -1.64. The van der Waals surface area contributed by atoms with Crippen LogP contribution in [0.15, 0.2) is 12.1 Å². The van der Waals surface area contributed by atoms with E-state index in [1.54, 1.807) is 6.08 Å². The van der Waals surface area contributed by atoms with Crippen LogP contribution in [-0.2, 0) is 0 Å². The zero-order valence-corrected chi connectivity index (χ0v) is 3.95. The van der Waals surface area contributed by atoms with Crippen molar-refractivity contribution in [1.29, 1.82) is 0 Å². The molecule has 0 saturated heterocycles. The van der Waals surface area contributed by atoms with Crippen LogP contribution in [0.25, 0.3) is 0 Å². The molecular weight excluding hydrogens is 77.9 g/mol. The maximum Gasteiger partial charge on any atom is 0.356 e. The van der Waals surface area contributed by atoms with Gasteiger partial charge in [-0.25, -0.2) is 0 Å². The van der Waals surface area contributed by atoms with Gasteiger partial charge in [0.15, 0.2) is 0 Å². The van der Waals surface area contributed by atoms with Crippen molar-refractivity contribution in [2.45, 2.75) is 13.3 Å². The monoisotopic (exact) mass is 86.1 g/mol. The fraction of sp³-hybridized carbons (Fsp3) is 0.500. The van der Waals surface area contributed by atoms with Crippen LogP contribution in [0.1, 0.15) is 13.3 Å². The Hall–Kier alpha value is -0.265. The molecule has 0 saturated carbocycles. The van der Waals surface area contributed by atoms with Gasteiger partial charge < -0.3 is 4.32 Å². The Morgan fingerprint density at radius 1 is 1.83 bits per heavy atom. The van der Waals surface area contributed by atoms with E-state index >= 15 is 0 Å². The van der Waals surface area contributed by atoms with Gasteiger partial charge in [-0.05, 0) is 6.42 Å². The van der Waals surface area contributed by atoms with Gasteiger partial charge in [-0.1, -0.05) is 19.0 Å². The summed E-state index contributed by atoms with van der Waals surface area (Å²) in [6, 6.07) is 0. The molecule has 0 N–H and O–H groups in total. The summed E-state index contributed by atoms with van der Waals surface area (Å²) in [4.78, 5) is 0. The van der Waals surface area contributed by atoms with Crippen LogP contribution in [0.3, 0.4) is 0 Å². The smallest absolute Gasteiger partial charge is 0.335 e. The largest absolute Gasteiger partial charge is 0.356 e. The molecule has 0 radical (unpaired) electrons. The molecular formula is C4H8BF. The summed E-state index contributed by atoms with van der Waals surface area (Å²) in [6.45, 7) is 1.98. The highest BCUT2D eigenvalue weighted by Gasteiger charge is 1.68. The van der Waals surface area contributed by atoms with E-state index in [4.69, 9.17) is 0 Å². The molecule has 0 aromatic carbocycles. The van der Waals surface area contributed by atoms with Crippen LogP contribution >= 0.6 is 0 Å². The topological polar surface area (TPSA) is 0 Å². The molecule has 0 aliphatic heterocycles.